The molecule has 0 amide bonds. The average molecular weight is 275 g/mol. The smallest absolute Gasteiger partial charge is 0.0966 e. The number of aromatic nitrogens is 4. The maximum Gasteiger partial charge on any atom is 0.0966 e. The summed E-state index contributed by atoms with van der Waals surface area (Å²) in [6.45, 7) is 0. The molecular weight excluding hydrogens is 262 g/mol. The maximum absolute atomic E-state index is 6.00. The molecule has 0 spiro atoms. The Bertz CT molecular complexity index is 971. The van der Waals surface area contributed by atoms with Crippen LogP contribution in [-0.2, 0) is 7.05 Å². The summed E-state index contributed by atoms with van der Waals surface area (Å²) in [5, 5.41) is 5.39. The molecule has 0 saturated carbocycles. The van der Waals surface area contributed by atoms with Crippen molar-refractivity contribution in [1.82, 2.24) is 19.7 Å². The van der Waals surface area contributed by atoms with E-state index in [-0.39, 0.29) is 0 Å². The van der Waals surface area contributed by atoms with Gasteiger partial charge in [-0.15, -0.1) is 0 Å². The van der Waals surface area contributed by atoms with Crippen LogP contribution >= 0.6 is 0 Å². The van der Waals surface area contributed by atoms with Crippen molar-refractivity contribution in [2.45, 2.75) is 0 Å². The lowest BCUT2D eigenvalue weighted by atomic mass is 10.0. The summed E-state index contributed by atoms with van der Waals surface area (Å²) < 4.78 is 1.86. The van der Waals surface area contributed by atoms with E-state index in [1.54, 1.807) is 12.4 Å². The van der Waals surface area contributed by atoms with Gasteiger partial charge in [0.25, 0.3) is 0 Å². The van der Waals surface area contributed by atoms with E-state index in [1.165, 1.54) is 0 Å². The second kappa shape index (κ2) is 4.28. The van der Waals surface area contributed by atoms with Crippen LogP contribution in [0.25, 0.3) is 33.1 Å². The van der Waals surface area contributed by atoms with Crippen molar-refractivity contribution in [3.05, 3.63) is 48.9 Å². The first-order valence-electron chi connectivity index (χ1n) is 6.65. The summed E-state index contributed by atoms with van der Waals surface area (Å²) in [5.41, 5.74) is 11.5. The van der Waals surface area contributed by atoms with E-state index in [0.29, 0.717) is 5.69 Å². The van der Waals surface area contributed by atoms with E-state index in [1.807, 2.05) is 30.1 Å². The number of fused-ring (bicyclic) bond motifs is 2. The fourth-order valence-corrected chi connectivity index (χ4v) is 2.63. The van der Waals surface area contributed by atoms with Gasteiger partial charge in [0.1, 0.15) is 0 Å². The van der Waals surface area contributed by atoms with Gasteiger partial charge in [0.15, 0.2) is 0 Å². The molecule has 0 atom stereocenters. The Morgan fingerprint density at radius 1 is 1.05 bits per heavy atom. The lowest BCUT2D eigenvalue weighted by molar-refractivity contribution is 0.797. The van der Waals surface area contributed by atoms with Gasteiger partial charge < -0.3 is 5.73 Å². The predicted molar refractivity (Wildman–Crippen MR) is 83.7 cm³/mol. The minimum Gasteiger partial charge on any atom is -0.399 e. The molecule has 0 aliphatic heterocycles. The van der Waals surface area contributed by atoms with Gasteiger partial charge in [-0.2, -0.15) is 5.10 Å². The number of hydrogen-bond acceptors (Lipinski definition) is 4. The lowest BCUT2D eigenvalue weighted by Gasteiger charge is -2.08. The van der Waals surface area contributed by atoms with E-state index in [0.717, 1.165) is 33.1 Å². The number of nitrogens with two attached hydrogens (primary N) is 1. The maximum atomic E-state index is 6.00. The molecule has 0 bridgehead atoms. The van der Waals surface area contributed by atoms with Crippen molar-refractivity contribution in [3.63, 3.8) is 0 Å². The number of hydrogen-bond donors (Lipinski definition) is 1. The van der Waals surface area contributed by atoms with Gasteiger partial charge in [0.05, 0.1) is 22.7 Å². The Morgan fingerprint density at radius 2 is 1.90 bits per heavy atom. The highest BCUT2D eigenvalue weighted by molar-refractivity contribution is 5.96. The third kappa shape index (κ3) is 1.82. The van der Waals surface area contributed by atoms with Crippen LogP contribution in [0.4, 0.5) is 5.69 Å². The first kappa shape index (κ1) is 11.8. The van der Waals surface area contributed by atoms with E-state index >= 15 is 0 Å². The molecule has 4 rings (SSSR count). The van der Waals surface area contributed by atoms with E-state index in [2.05, 4.69) is 33.3 Å². The fraction of sp³-hybridized carbons (Fsp3) is 0.0625. The average Bonchev–Trinajstić information content (AvgIpc) is 2.87. The normalized spacial score (nSPS) is 11.3. The van der Waals surface area contributed by atoms with Crippen LogP contribution in [0.1, 0.15) is 0 Å². The van der Waals surface area contributed by atoms with Crippen molar-refractivity contribution in [2.75, 3.05) is 5.73 Å². The number of benzene rings is 2. The first-order chi connectivity index (χ1) is 10.2. The highest BCUT2D eigenvalue weighted by atomic mass is 15.2. The van der Waals surface area contributed by atoms with E-state index < -0.39 is 0 Å². The van der Waals surface area contributed by atoms with Crippen LogP contribution in [-0.4, -0.2) is 19.7 Å². The van der Waals surface area contributed by atoms with Gasteiger partial charge in [-0.1, -0.05) is 12.1 Å². The second-order valence-corrected chi connectivity index (χ2v) is 5.03. The molecule has 0 fully saturated rings. The predicted octanol–water partition coefficient (Wildman–Crippen LogP) is 2.77. The zero-order valence-electron chi connectivity index (χ0n) is 11.5. The zero-order chi connectivity index (χ0) is 14.4. The van der Waals surface area contributed by atoms with Gasteiger partial charge in [0.2, 0.25) is 0 Å². The van der Waals surface area contributed by atoms with Gasteiger partial charge >= 0.3 is 0 Å². The molecule has 2 heterocycles. The highest BCUT2D eigenvalue weighted by Gasteiger charge is 2.09. The number of nitrogens with zero attached hydrogens (tertiary/aromatic N) is 4. The van der Waals surface area contributed by atoms with Crippen molar-refractivity contribution < 1.29 is 0 Å². The van der Waals surface area contributed by atoms with Crippen molar-refractivity contribution in [2.24, 2.45) is 7.05 Å². The van der Waals surface area contributed by atoms with Crippen LogP contribution < -0.4 is 5.73 Å². The molecule has 2 aromatic carbocycles. The summed E-state index contributed by atoms with van der Waals surface area (Å²) in [7, 11) is 1.93. The number of aryl methyl sites for hydroxylation is 1. The summed E-state index contributed by atoms with van der Waals surface area (Å²) in [5.74, 6) is 0. The zero-order valence-corrected chi connectivity index (χ0v) is 11.5. The summed E-state index contributed by atoms with van der Waals surface area (Å²) in [6.07, 6.45) is 5.23. The molecule has 0 saturated heterocycles. The van der Waals surface area contributed by atoms with Crippen LogP contribution in [0.3, 0.4) is 0 Å². The third-order valence-electron chi connectivity index (χ3n) is 3.66. The topological polar surface area (TPSA) is 69.6 Å². The molecular formula is C16H13N5. The minimum absolute atomic E-state index is 0.683. The Kier molecular flexibility index (Phi) is 2.41. The molecule has 21 heavy (non-hydrogen) atoms. The number of rotatable bonds is 1. The van der Waals surface area contributed by atoms with Gasteiger partial charge in [-0.05, 0) is 23.8 Å². The first-order valence-corrected chi connectivity index (χ1v) is 6.65. The Morgan fingerprint density at radius 3 is 2.81 bits per heavy atom. The third-order valence-corrected chi connectivity index (χ3v) is 3.66. The van der Waals surface area contributed by atoms with E-state index in [9.17, 15) is 0 Å². The molecule has 102 valence electrons. The van der Waals surface area contributed by atoms with Crippen molar-refractivity contribution >= 4 is 27.6 Å². The fourth-order valence-electron chi connectivity index (χ4n) is 2.63. The number of anilines is 1. The van der Waals surface area contributed by atoms with Gasteiger partial charge in [-0.3, -0.25) is 14.6 Å². The quantitative estimate of drug-likeness (QED) is 0.542. The van der Waals surface area contributed by atoms with Crippen LogP contribution in [0.2, 0.25) is 0 Å². The summed E-state index contributed by atoms with van der Waals surface area (Å²) in [4.78, 5) is 8.79. The van der Waals surface area contributed by atoms with E-state index in [4.69, 9.17) is 5.73 Å². The monoisotopic (exact) mass is 275 g/mol. The molecule has 0 radical (unpaired) electrons. The Hall–Kier alpha value is -2.95. The van der Waals surface area contributed by atoms with Gasteiger partial charge in [-0.25, -0.2) is 0 Å². The standard InChI is InChI=1S/C16H13N5/c1-21-15-6-10(2-3-11(15)9-20-21)13-7-12(17)8-14-16(13)19-5-4-18-14/h2-9H,17H2,1H3. The molecule has 0 aliphatic rings. The van der Waals surface area contributed by atoms with Crippen molar-refractivity contribution in [1.29, 1.82) is 0 Å². The van der Waals surface area contributed by atoms with Crippen LogP contribution in [0.15, 0.2) is 48.9 Å². The molecule has 2 aromatic heterocycles. The van der Waals surface area contributed by atoms with Crippen LogP contribution in [0.5, 0.6) is 0 Å². The Labute approximate surface area is 121 Å². The van der Waals surface area contributed by atoms with Crippen molar-refractivity contribution in [3.8, 4) is 11.1 Å². The van der Waals surface area contributed by atoms with Crippen LogP contribution in [0, 0.1) is 0 Å². The van der Waals surface area contributed by atoms with Gasteiger partial charge in [0, 0.05) is 36.1 Å². The summed E-state index contributed by atoms with van der Waals surface area (Å²) in [6, 6.07) is 10.0. The molecule has 0 unspecified atom stereocenters. The number of nitrogen functional groups attached to an aromatic ring is 1. The highest BCUT2D eigenvalue weighted by Crippen LogP contribution is 2.30. The second-order valence-electron chi connectivity index (χ2n) is 5.03. The molecule has 4 aromatic rings. The SMILES string of the molecule is Cn1ncc2ccc(-c3cc(N)cc4nccnc34)cc21. The lowest BCUT2D eigenvalue weighted by Crippen LogP contribution is -1.93. The molecule has 5 heteroatoms. The summed E-state index contributed by atoms with van der Waals surface area (Å²) >= 11 is 0. The molecule has 0 aliphatic carbocycles. The Balaban J connectivity index is 2.05. The molecule has 2 N–H and O–H groups in total. The minimum atomic E-state index is 0.683. The largest absolute Gasteiger partial charge is 0.399 e. The molecule has 5 nitrogen and oxygen atoms in total.